The molecule has 0 radical (unpaired) electrons. The third-order valence-corrected chi connectivity index (χ3v) is 6.53. The predicted octanol–water partition coefficient (Wildman–Crippen LogP) is 3.60. The Morgan fingerprint density at radius 3 is 2.86 bits per heavy atom. The first kappa shape index (κ1) is 13.6. The zero-order valence-corrected chi connectivity index (χ0v) is 13.4. The molecule has 0 saturated carbocycles. The number of carbonyl (C=O) groups excluding carboxylic acids is 1. The summed E-state index contributed by atoms with van der Waals surface area (Å²) in [6, 6.07) is 2.17. The summed E-state index contributed by atoms with van der Waals surface area (Å²) in [6.45, 7) is 3.23. The summed E-state index contributed by atoms with van der Waals surface area (Å²) in [6.07, 6.45) is 3.50. The molecule has 1 N–H and O–H groups in total. The van der Waals surface area contributed by atoms with Crippen molar-refractivity contribution in [1.82, 2.24) is 10.4 Å². The van der Waals surface area contributed by atoms with E-state index in [2.05, 4.69) is 27.3 Å². The van der Waals surface area contributed by atoms with Gasteiger partial charge in [-0.05, 0) is 41.1 Å². The molecule has 21 heavy (non-hydrogen) atoms. The normalized spacial score (nSPS) is 28.5. The van der Waals surface area contributed by atoms with Crippen LogP contribution in [0.2, 0.25) is 0 Å². The molecule has 0 aliphatic carbocycles. The third kappa shape index (κ3) is 2.38. The van der Waals surface area contributed by atoms with Crippen LogP contribution in [0.5, 0.6) is 0 Å². The lowest BCUT2D eigenvalue weighted by atomic mass is 9.79. The fourth-order valence-corrected chi connectivity index (χ4v) is 5.47. The minimum absolute atomic E-state index is 0.457. The molecule has 3 nitrogen and oxygen atoms in total. The summed E-state index contributed by atoms with van der Waals surface area (Å²) in [5.41, 5.74) is 7.01. The van der Waals surface area contributed by atoms with Gasteiger partial charge in [-0.25, -0.2) is 5.01 Å². The predicted molar refractivity (Wildman–Crippen MR) is 88.1 cm³/mol. The monoisotopic (exact) mass is 318 g/mol. The van der Waals surface area contributed by atoms with Crippen molar-refractivity contribution in [3.63, 3.8) is 0 Å². The van der Waals surface area contributed by atoms with E-state index in [1.165, 1.54) is 28.8 Å². The summed E-state index contributed by atoms with van der Waals surface area (Å²) in [4.78, 5) is 12.8. The molecule has 3 aliphatic heterocycles. The quantitative estimate of drug-likeness (QED) is 0.878. The molecule has 3 saturated heterocycles. The molecule has 2 bridgehead atoms. The number of carbonyl (C=O) groups is 1. The standard InChI is InChI=1S/C16H18N2OS2/c19-8-13-10-21-16(12-3-6-20-9-12)15(13)14-7-17-18-4-1-11(14)2-5-18/h3,6,8-11,14,17H,1-2,4-5,7H2. The van der Waals surface area contributed by atoms with Crippen LogP contribution in [-0.2, 0) is 0 Å². The first-order chi connectivity index (χ1) is 10.4. The van der Waals surface area contributed by atoms with Gasteiger partial charge >= 0.3 is 0 Å². The maximum Gasteiger partial charge on any atom is 0.151 e. The highest BCUT2D eigenvalue weighted by molar-refractivity contribution is 7.14. The first-order valence-electron chi connectivity index (χ1n) is 7.44. The van der Waals surface area contributed by atoms with Gasteiger partial charge in [-0.2, -0.15) is 11.3 Å². The lowest BCUT2D eigenvalue weighted by Crippen LogP contribution is -2.39. The number of fused-ring (bicyclic) bond motifs is 4. The van der Waals surface area contributed by atoms with Gasteiger partial charge in [0.2, 0.25) is 0 Å². The minimum Gasteiger partial charge on any atom is -0.298 e. The number of nitrogens with zero attached hydrogens (tertiary/aromatic N) is 1. The van der Waals surface area contributed by atoms with Crippen LogP contribution in [0.1, 0.15) is 34.7 Å². The summed E-state index contributed by atoms with van der Waals surface area (Å²) >= 11 is 3.44. The molecule has 1 atom stereocenters. The van der Waals surface area contributed by atoms with Crippen LogP contribution in [0, 0.1) is 5.92 Å². The van der Waals surface area contributed by atoms with Crippen molar-refractivity contribution < 1.29 is 4.79 Å². The van der Waals surface area contributed by atoms with Crippen LogP contribution >= 0.6 is 22.7 Å². The second kappa shape index (κ2) is 5.65. The lowest BCUT2D eigenvalue weighted by Gasteiger charge is -2.28. The number of rotatable bonds is 3. The van der Waals surface area contributed by atoms with E-state index in [9.17, 15) is 4.79 Å². The number of hydrogen-bond acceptors (Lipinski definition) is 5. The van der Waals surface area contributed by atoms with Crippen molar-refractivity contribution >= 4 is 29.0 Å². The van der Waals surface area contributed by atoms with E-state index in [0.717, 1.165) is 31.5 Å². The second-order valence-corrected chi connectivity index (χ2v) is 7.52. The van der Waals surface area contributed by atoms with E-state index in [-0.39, 0.29) is 0 Å². The maximum absolute atomic E-state index is 11.5. The van der Waals surface area contributed by atoms with Crippen molar-refractivity contribution in [1.29, 1.82) is 0 Å². The molecule has 5 heteroatoms. The SMILES string of the molecule is O=Cc1csc(-c2ccsc2)c1C1CNN2CCC1CC2. The Bertz CT molecular complexity index is 627. The zero-order chi connectivity index (χ0) is 14.2. The molecule has 2 aromatic rings. The van der Waals surface area contributed by atoms with Crippen molar-refractivity contribution in [2.45, 2.75) is 18.8 Å². The van der Waals surface area contributed by atoms with Crippen LogP contribution in [0.4, 0.5) is 0 Å². The molecule has 0 spiro atoms. The van der Waals surface area contributed by atoms with Gasteiger partial charge in [0.15, 0.2) is 6.29 Å². The Balaban J connectivity index is 1.79. The Morgan fingerprint density at radius 1 is 1.29 bits per heavy atom. The van der Waals surface area contributed by atoms with Gasteiger partial charge in [0, 0.05) is 46.9 Å². The van der Waals surface area contributed by atoms with Gasteiger partial charge in [-0.15, -0.1) is 11.3 Å². The topological polar surface area (TPSA) is 32.3 Å². The van der Waals surface area contributed by atoms with Crippen molar-refractivity contribution in [2.75, 3.05) is 19.6 Å². The Morgan fingerprint density at radius 2 is 2.14 bits per heavy atom. The number of hydrogen-bond donors (Lipinski definition) is 1. The lowest BCUT2D eigenvalue weighted by molar-refractivity contribution is 0.112. The highest BCUT2D eigenvalue weighted by atomic mass is 32.1. The Labute approximate surface area is 132 Å². The zero-order valence-electron chi connectivity index (χ0n) is 11.7. The molecule has 3 aliphatic rings. The van der Waals surface area contributed by atoms with E-state index < -0.39 is 0 Å². The van der Waals surface area contributed by atoms with Crippen molar-refractivity contribution in [3.8, 4) is 10.4 Å². The summed E-state index contributed by atoms with van der Waals surface area (Å²) in [5.74, 6) is 1.15. The average Bonchev–Trinajstić information content (AvgIpc) is 3.10. The van der Waals surface area contributed by atoms with Crippen molar-refractivity contribution in [3.05, 3.63) is 33.3 Å². The van der Waals surface area contributed by atoms with Crippen LogP contribution in [0.3, 0.4) is 0 Å². The van der Waals surface area contributed by atoms with Crippen LogP contribution in [-0.4, -0.2) is 30.9 Å². The summed E-state index contributed by atoms with van der Waals surface area (Å²) in [5, 5.41) is 8.68. The van der Waals surface area contributed by atoms with Crippen LogP contribution in [0.25, 0.3) is 10.4 Å². The maximum atomic E-state index is 11.5. The van der Waals surface area contributed by atoms with E-state index in [4.69, 9.17) is 0 Å². The molecule has 0 amide bonds. The molecule has 0 aromatic carbocycles. The number of piperidine rings is 1. The molecule has 110 valence electrons. The highest BCUT2D eigenvalue weighted by Crippen LogP contribution is 2.43. The fourth-order valence-electron chi connectivity index (χ4n) is 3.66. The van der Waals surface area contributed by atoms with Gasteiger partial charge in [0.1, 0.15) is 0 Å². The molecule has 3 fully saturated rings. The first-order valence-corrected chi connectivity index (χ1v) is 9.26. The smallest absolute Gasteiger partial charge is 0.151 e. The van der Waals surface area contributed by atoms with Gasteiger partial charge in [-0.3, -0.25) is 10.2 Å². The highest BCUT2D eigenvalue weighted by Gasteiger charge is 2.34. The van der Waals surface area contributed by atoms with E-state index in [1.54, 1.807) is 22.7 Å². The third-order valence-electron chi connectivity index (χ3n) is 4.78. The fraction of sp³-hybridized carbons (Fsp3) is 0.438. The van der Waals surface area contributed by atoms with Crippen molar-refractivity contribution in [2.24, 2.45) is 5.92 Å². The molecule has 2 aromatic heterocycles. The molecule has 5 rings (SSSR count). The van der Waals surface area contributed by atoms with Crippen LogP contribution in [0.15, 0.2) is 22.2 Å². The van der Waals surface area contributed by atoms with Gasteiger partial charge < -0.3 is 0 Å². The second-order valence-electron chi connectivity index (χ2n) is 5.86. The largest absolute Gasteiger partial charge is 0.298 e. The van der Waals surface area contributed by atoms with E-state index >= 15 is 0 Å². The number of hydrazine groups is 1. The van der Waals surface area contributed by atoms with E-state index in [0.29, 0.717) is 11.8 Å². The minimum atomic E-state index is 0.457. The Kier molecular flexibility index (Phi) is 3.67. The number of aldehydes is 1. The molecule has 1 unspecified atom stereocenters. The molecule has 5 heterocycles. The number of thiophene rings is 2. The van der Waals surface area contributed by atoms with E-state index in [1.807, 2.05) is 5.38 Å². The summed E-state index contributed by atoms with van der Waals surface area (Å²) < 4.78 is 0. The molecular formula is C16H18N2OS2. The van der Waals surface area contributed by atoms with Crippen LogP contribution < -0.4 is 5.43 Å². The Hall–Kier alpha value is -1.01. The van der Waals surface area contributed by atoms with Gasteiger partial charge in [0.25, 0.3) is 0 Å². The number of nitrogens with one attached hydrogen (secondary N) is 1. The van der Waals surface area contributed by atoms with Gasteiger partial charge in [-0.1, -0.05) is 0 Å². The average molecular weight is 318 g/mol. The van der Waals surface area contributed by atoms with Gasteiger partial charge in [0.05, 0.1) is 0 Å². The molecular weight excluding hydrogens is 300 g/mol. The summed E-state index contributed by atoms with van der Waals surface area (Å²) in [7, 11) is 0.